The van der Waals surface area contributed by atoms with Crippen LogP contribution in [0.2, 0.25) is 0 Å². The van der Waals surface area contributed by atoms with Gasteiger partial charge in [-0.05, 0) is 11.1 Å². The van der Waals surface area contributed by atoms with Gasteiger partial charge < -0.3 is 15.4 Å². The predicted molar refractivity (Wildman–Crippen MR) is 128 cm³/mol. The highest BCUT2D eigenvalue weighted by Gasteiger charge is 2.27. The SMILES string of the molecule is Nc1ncnc2c1ncn2C[C@@H](O)CN1CCN(C(c2ccccc2)c2ccccc2)CC1. The molecule has 0 aliphatic carbocycles. The van der Waals surface area contributed by atoms with Gasteiger partial charge in [0.2, 0.25) is 0 Å². The Morgan fingerprint density at radius 1 is 0.818 bits per heavy atom. The van der Waals surface area contributed by atoms with Gasteiger partial charge in [0.15, 0.2) is 11.5 Å². The van der Waals surface area contributed by atoms with Crippen molar-refractivity contribution in [3.8, 4) is 0 Å². The van der Waals surface area contributed by atoms with Crippen molar-refractivity contribution < 1.29 is 5.11 Å². The number of piperazine rings is 1. The molecule has 0 unspecified atom stereocenters. The van der Waals surface area contributed by atoms with Gasteiger partial charge in [0.05, 0.1) is 25.0 Å². The van der Waals surface area contributed by atoms with Crippen LogP contribution in [0.1, 0.15) is 17.2 Å². The molecule has 0 radical (unpaired) electrons. The Balaban J connectivity index is 1.22. The van der Waals surface area contributed by atoms with Crippen molar-refractivity contribution in [1.82, 2.24) is 29.3 Å². The van der Waals surface area contributed by atoms with Crippen molar-refractivity contribution in [1.29, 1.82) is 0 Å². The van der Waals surface area contributed by atoms with Crippen molar-refractivity contribution in [3.63, 3.8) is 0 Å². The second kappa shape index (κ2) is 9.66. The summed E-state index contributed by atoms with van der Waals surface area (Å²) in [6, 6.07) is 21.6. The number of benzene rings is 2. The van der Waals surface area contributed by atoms with E-state index in [0.29, 0.717) is 30.1 Å². The summed E-state index contributed by atoms with van der Waals surface area (Å²) >= 11 is 0. The first kappa shape index (κ1) is 21.5. The van der Waals surface area contributed by atoms with Gasteiger partial charge in [-0.3, -0.25) is 9.80 Å². The zero-order valence-corrected chi connectivity index (χ0v) is 18.5. The summed E-state index contributed by atoms with van der Waals surface area (Å²) in [7, 11) is 0. The largest absolute Gasteiger partial charge is 0.390 e. The fraction of sp³-hybridized carbons (Fsp3) is 0.320. The Morgan fingerprint density at radius 2 is 1.45 bits per heavy atom. The van der Waals surface area contributed by atoms with Crippen LogP contribution in [0.4, 0.5) is 5.82 Å². The number of fused-ring (bicyclic) bond motifs is 1. The fourth-order valence-electron chi connectivity index (χ4n) is 4.70. The van der Waals surface area contributed by atoms with Crippen LogP contribution in [0.15, 0.2) is 73.3 Å². The number of rotatable bonds is 7. The van der Waals surface area contributed by atoms with E-state index in [1.165, 1.54) is 17.5 Å². The first-order valence-electron chi connectivity index (χ1n) is 11.3. The maximum Gasteiger partial charge on any atom is 0.165 e. The summed E-state index contributed by atoms with van der Waals surface area (Å²) in [5, 5.41) is 10.8. The molecule has 5 rings (SSSR count). The third-order valence-electron chi connectivity index (χ3n) is 6.31. The number of aliphatic hydroxyl groups excluding tert-OH is 1. The van der Waals surface area contributed by atoms with Gasteiger partial charge >= 0.3 is 0 Å². The van der Waals surface area contributed by atoms with Crippen molar-refractivity contribution in [2.45, 2.75) is 18.7 Å². The molecule has 1 aliphatic heterocycles. The van der Waals surface area contributed by atoms with E-state index in [1.807, 2.05) is 4.57 Å². The number of aromatic nitrogens is 4. The van der Waals surface area contributed by atoms with E-state index in [-0.39, 0.29) is 6.04 Å². The smallest absolute Gasteiger partial charge is 0.165 e. The Bertz CT molecular complexity index is 1130. The Hall–Kier alpha value is -3.33. The quantitative estimate of drug-likeness (QED) is 0.452. The van der Waals surface area contributed by atoms with E-state index in [1.54, 1.807) is 6.33 Å². The van der Waals surface area contributed by atoms with Crippen LogP contribution in [0.25, 0.3) is 11.2 Å². The van der Waals surface area contributed by atoms with E-state index in [0.717, 1.165) is 26.2 Å². The summed E-state index contributed by atoms with van der Waals surface area (Å²) in [5.41, 5.74) is 9.72. The van der Waals surface area contributed by atoms with Crippen LogP contribution in [0.5, 0.6) is 0 Å². The van der Waals surface area contributed by atoms with Gasteiger partial charge in [0.1, 0.15) is 11.8 Å². The molecule has 1 fully saturated rings. The molecule has 3 heterocycles. The average Bonchev–Trinajstić information content (AvgIpc) is 3.26. The van der Waals surface area contributed by atoms with E-state index in [9.17, 15) is 5.11 Å². The number of nitrogens with two attached hydrogens (primary N) is 1. The van der Waals surface area contributed by atoms with E-state index in [2.05, 4.69) is 85.4 Å². The molecule has 0 spiro atoms. The highest BCUT2D eigenvalue weighted by molar-refractivity contribution is 5.81. The molecule has 2 aromatic carbocycles. The summed E-state index contributed by atoms with van der Waals surface area (Å²) in [6.45, 7) is 4.73. The topological polar surface area (TPSA) is 96.3 Å². The molecule has 0 bridgehead atoms. The number of nitrogen functional groups attached to an aromatic ring is 1. The molecule has 8 heteroatoms. The van der Waals surface area contributed by atoms with Crippen molar-refractivity contribution >= 4 is 17.0 Å². The summed E-state index contributed by atoms with van der Waals surface area (Å²) in [6.07, 6.45) is 2.57. The molecule has 0 saturated carbocycles. The van der Waals surface area contributed by atoms with Crippen LogP contribution in [0, 0.1) is 0 Å². The third-order valence-corrected chi connectivity index (χ3v) is 6.31. The van der Waals surface area contributed by atoms with Crippen LogP contribution in [0.3, 0.4) is 0 Å². The molecule has 1 saturated heterocycles. The number of β-amino-alcohol motifs (C(OH)–C–C–N with tert-alkyl or cyclic N) is 1. The lowest BCUT2D eigenvalue weighted by Crippen LogP contribution is -2.50. The zero-order valence-electron chi connectivity index (χ0n) is 18.5. The standard InChI is InChI=1S/C25H29N7O/c26-24-22-25(28-17-27-24)32(18-29-22)16-21(33)15-30-11-13-31(14-12-30)23(19-7-3-1-4-8-19)20-9-5-2-6-10-20/h1-10,17-18,21,23,33H,11-16H2,(H2,26,27,28)/t21-/m0/s1. The second-order valence-corrected chi connectivity index (χ2v) is 8.54. The van der Waals surface area contributed by atoms with Gasteiger partial charge in [0, 0.05) is 32.7 Å². The zero-order chi connectivity index (χ0) is 22.6. The highest BCUT2D eigenvalue weighted by Crippen LogP contribution is 2.29. The van der Waals surface area contributed by atoms with Gasteiger partial charge in [-0.15, -0.1) is 0 Å². The summed E-state index contributed by atoms with van der Waals surface area (Å²) in [4.78, 5) is 17.4. The lowest BCUT2D eigenvalue weighted by Gasteiger charge is -2.40. The van der Waals surface area contributed by atoms with Crippen molar-refractivity contribution in [2.24, 2.45) is 0 Å². The fourth-order valence-corrected chi connectivity index (χ4v) is 4.70. The molecule has 170 valence electrons. The molecule has 3 N–H and O–H groups in total. The van der Waals surface area contributed by atoms with Gasteiger partial charge in [-0.1, -0.05) is 60.7 Å². The van der Waals surface area contributed by atoms with Crippen molar-refractivity contribution in [3.05, 3.63) is 84.4 Å². The number of hydrogen-bond acceptors (Lipinski definition) is 7. The summed E-state index contributed by atoms with van der Waals surface area (Å²) in [5.74, 6) is 0.357. The third kappa shape index (κ3) is 4.73. The average molecular weight is 444 g/mol. The lowest BCUT2D eigenvalue weighted by atomic mass is 9.96. The van der Waals surface area contributed by atoms with Crippen molar-refractivity contribution in [2.75, 3.05) is 38.5 Å². The number of imidazole rings is 1. The second-order valence-electron chi connectivity index (χ2n) is 8.54. The summed E-state index contributed by atoms with van der Waals surface area (Å²) < 4.78 is 1.84. The number of nitrogens with zero attached hydrogens (tertiary/aromatic N) is 6. The highest BCUT2D eigenvalue weighted by atomic mass is 16.3. The molecule has 1 aliphatic rings. The molecular formula is C25H29N7O. The molecule has 33 heavy (non-hydrogen) atoms. The minimum Gasteiger partial charge on any atom is -0.390 e. The Labute approximate surface area is 193 Å². The first-order valence-corrected chi connectivity index (χ1v) is 11.3. The normalized spacial score (nSPS) is 16.4. The van der Waals surface area contributed by atoms with Crippen LogP contribution >= 0.6 is 0 Å². The minimum atomic E-state index is -0.524. The number of anilines is 1. The first-order chi connectivity index (χ1) is 16.2. The van der Waals surface area contributed by atoms with Crippen LogP contribution < -0.4 is 5.73 Å². The minimum absolute atomic E-state index is 0.238. The van der Waals surface area contributed by atoms with E-state index >= 15 is 0 Å². The van der Waals surface area contributed by atoms with E-state index < -0.39 is 6.10 Å². The molecule has 8 nitrogen and oxygen atoms in total. The number of hydrogen-bond donors (Lipinski definition) is 2. The van der Waals surface area contributed by atoms with Gasteiger partial charge in [0.25, 0.3) is 0 Å². The van der Waals surface area contributed by atoms with Gasteiger partial charge in [-0.2, -0.15) is 0 Å². The maximum absolute atomic E-state index is 10.8. The Kier molecular flexibility index (Phi) is 6.30. The monoisotopic (exact) mass is 443 g/mol. The van der Waals surface area contributed by atoms with Crippen LogP contribution in [-0.2, 0) is 6.54 Å². The van der Waals surface area contributed by atoms with E-state index in [4.69, 9.17) is 5.73 Å². The molecule has 4 aromatic rings. The van der Waals surface area contributed by atoms with Crippen LogP contribution in [-0.4, -0.2) is 73.3 Å². The lowest BCUT2D eigenvalue weighted by molar-refractivity contribution is 0.0560. The maximum atomic E-state index is 10.8. The Morgan fingerprint density at radius 3 is 2.09 bits per heavy atom. The molecule has 0 amide bonds. The predicted octanol–water partition coefficient (Wildman–Crippen LogP) is 2.18. The molecular weight excluding hydrogens is 414 g/mol. The number of aliphatic hydroxyl groups is 1. The van der Waals surface area contributed by atoms with Gasteiger partial charge in [-0.25, -0.2) is 15.0 Å². The molecule has 2 aromatic heterocycles. The molecule has 1 atom stereocenters.